The third-order valence-corrected chi connectivity index (χ3v) is 5.73. The van der Waals surface area contributed by atoms with Gasteiger partial charge in [-0.1, -0.05) is 30.3 Å². The first-order valence-corrected chi connectivity index (χ1v) is 9.07. The fourth-order valence-corrected chi connectivity index (χ4v) is 4.27. The van der Waals surface area contributed by atoms with Gasteiger partial charge in [-0.15, -0.1) is 0 Å². The van der Waals surface area contributed by atoms with Crippen LogP contribution in [0.3, 0.4) is 0 Å². The number of carbonyl (C=O) groups is 1. The number of hydroxylamine groups is 1. The van der Waals surface area contributed by atoms with Gasteiger partial charge in [-0.3, -0.25) is 9.63 Å². The number of carbonyl (C=O) groups excluding carboxylic acids is 1. The molecule has 0 aliphatic carbocycles. The predicted molar refractivity (Wildman–Crippen MR) is 101 cm³/mol. The van der Waals surface area contributed by atoms with Gasteiger partial charge in [-0.25, -0.2) is 5.48 Å². The van der Waals surface area contributed by atoms with Crippen molar-refractivity contribution in [1.82, 2.24) is 15.8 Å². The van der Waals surface area contributed by atoms with E-state index in [1.165, 1.54) is 12.0 Å². The van der Waals surface area contributed by atoms with Gasteiger partial charge < -0.3 is 10.3 Å². The first-order valence-electron chi connectivity index (χ1n) is 9.07. The second-order valence-electron chi connectivity index (χ2n) is 7.37. The van der Waals surface area contributed by atoms with Crippen LogP contribution >= 0.6 is 0 Å². The molecule has 5 rings (SSSR count). The van der Waals surface area contributed by atoms with Crippen LogP contribution < -0.4 is 10.8 Å². The highest BCUT2D eigenvalue weighted by atomic mass is 16.6. The summed E-state index contributed by atoms with van der Waals surface area (Å²) in [5, 5.41) is 4.56. The molecule has 1 unspecified atom stereocenters. The third kappa shape index (κ3) is 2.28. The van der Waals surface area contributed by atoms with Gasteiger partial charge in [0.05, 0.1) is 11.3 Å². The normalized spacial score (nSPS) is 22.4. The number of hydrogen-bond acceptors (Lipinski definition) is 3. The lowest BCUT2D eigenvalue weighted by Crippen LogP contribution is -2.32. The van der Waals surface area contributed by atoms with Crippen molar-refractivity contribution in [2.24, 2.45) is 0 Å². The molecule has 5 nitrogen and oxygen atoms in total. The molecular formula is C21H21N3O2. The zero-order valence-corrected chi connectivity index (χ0v) is 14.7. The number of rotatable bonds is 2. The summed E-state index contributed by atoms with van der Waals surface area (Å²) in [6, 6.07) is 14.4. The van der Waals surface area contributed by atoms with Gasteiger partial charge >= 0.3 is 0 Å². The van der Waals surface area contributed by atoms with Crippen molar-refractivity contribution in [2.45, 2.75) is 31.9 Å². The van der Waals surface area contributed by atoms with Crippen LogP contribution in [0.4, 0.5) is 0 Å². The van der Waals surface area contributed by atoms with Crippen LogP contribution in [0.5, 0.6) is 0 Å². The molecule has 0 spiro atoms. The van der Waals surface area contributed by atoms with Gasteiger partial charge in [0, 0.05) is 22.0 Å². The molecule has 1 aromatic heterocycles. The zero-order chi connectivity index (χ0) is 17.7. The molecule has 1 fully saturated rings. The number of aromatic amines is 1. The van der Waals surface area contributed by atoms with E-state index in [9.17, 15) is 4.79 Å². The van der Waals surface area contributed by atoms with Crippen LogP contribution in [-0.4, -0.2) is 17.4 Å². The number of hydrogen-bond donors (Lipinski definition) is 3. The highest BCUT2D eigenvalue weighted by Gasteiger charge is 2.30. The van der Waals surface area contributed by atoms with Gasteiger partial charge in [0.2, 0.25) is 0 Å². The SMILES string of the molecule is CC1(c2ccc(-c3[nH]c4cccc5c4c3CONC5=O)cc2)CCCN1. The smallest absolute Gasteiger partial charge is 0.275 e. The van der Waals surface area contributed by atoms with E-state index in [-0.39, 0.29) is 11.4 Å². The Labute approximate surface area is 151 Å². The summed E-state index contributed by atoms with van der Waals surface area (Å²) in [5.41, 5.74) is 8.63. The van der Waals surface area contributed by atoms with Gasteiger partial charge in [0.1, 0.15) is 6.61 Å². The Bertz CT molecular complexity index is 998. The largest absolute Gasteiger partial charge is 0.354 e. The minimum Gasteiger partial charge on any atom is -0.354 e. The molecule has 2 aliphatic rings. The molecule has 3 N–H and O–H groups in total. The Hall–Kier alpha value is -2.63. The minimum atomic E-state index is -0.199. The fourth-order valence-electron chi connectivity index (χ4n) is 4.27. The second-order valence-corrected chi connectivity index (χ2v) is 7.37. The molecule has 2 aliphatic heterocycles. The molecule has 1 amide bonds. The summed E-state index contributed by atoms with van der Waals surface area (Å²) in [4.78, 5) is 21.1. The maximum atomic E-state index is 12.2. The molecule has 0 bridgehead atoms. The van der Waals surface area contributed by atoms with Crippen molar-refractivity contribution in [3.05, 3.63) is 59.2 Å². The second kappa shape index (κ2) is 5.69. The zero-order valence-electron chi connectivity index (χ0n) is 14.7. The standard InChI is InChI=1S/C21H21N3O2/c1-21(10-3-11-22-21)14-8-6-13(7-9-14)19-16-12-26-24-20(25)15-4-2-5-17(23-19)18(15)16/h2,4-9,22-23H,3,10-12H2,1H3,(H,24,25). The quantitative estimate of drug-likeness (QED) is 0.663. The molecule has 132 valence electrons. The van der Waals surface area contributed by atoms with E-state index in [4.69, 9.17) is 4.84 Å². The highest BCUT2D eigenvalue weighted by Crippen LogP contribution is 2.36. The Morgan fingerprint density at radius 2 is 1.96 bits per heavy atom. The van der Waals surface area contributed by atoms with Crippen molar-refractivity contribution in [1.29, 1.82) is 0 Å². The van der Waals surface area contributed by atoms with Crippen molar-refractivity contribution >= 4 is 16.8 Å². The van der Waals surface area contributed by atoms with Crippen molar-refractivity contribution < 1.29 is 9.63 Å². The van der Waals surface area contributed by atoms with Crippen LogP contribution in [0.2, 0.25) is 0 Å². The number of H-pyrrole nitrogens is 1. The summed E-state index contributed by atoms with van der Waals surface area (Å²) in [6.07, 6.45) is 2.38. The molecule has 1 saturated heterocycles. The lowest BCUT2D eigenvalue weighted by atomic mass is 9.89. The van der Waals surface area contributed by atoms with E-state index < -0.39 is 0 Å². The predicted octanol–water partition coefficient (Wildman–Crippen LogP) is 3.61. The monoisotopic (exact) mass is 347 g/mol. The number of amides is 1. The van der Waals surface area contributed by atoms with Crippen molar-refractivity contribution in [2.75, 3.05) is 6.54 Å². The molecule has 3 aromatic rings. The summed E-state index contributed by atoms with van der Waals surface area (Å²) in [5.74, 6) is -0.199. The molecule has 2 aromatic carbocycles. The van der Waals surface area contributed by atoms with Crippen LogP contribution in [0.25, 0.3) is 22.2 Å². The van der Waals surface area contributed by atoms with Crippen molar-refractivity contribution in [3.8, 4) is 11.3 Å². The molecule has 5 heteroatoms. The first-order chi connectivity index (χ1) is 12.7. The maximum Gasteiger partial charge on any atom is 0.275 e. The summed E-state index contributed by atoms with van der Waals surface area (Å²) < 4.78 is 0. The van der Waals surface area contributed by atoms with Gasteiger partial charge in [-0.2, -0.15) is 0 Å². The van der Waals surface area contributed by atoms with Crippen LogP contribution in [-0.2, 0) is 17.0 Å². The summed E-state index contributed by atoms with van der Waals surface area (Å²) in [7, 11) is 0. The molecule has 0 saturated carbocycles. The van der Waals surface area contributed by atoms with E-state index >= 15 is 0 Å². The Morgan fingerprint density at radius 3 is 2.73 bits per heavy atom. The summed E-state index contributed by atoms with van der Waals surface area (Å²) in [6.45, 7) is 3.69. The lowest BCUT2D eigenvalue weighted by molar-refractivity contribution is 0.0256. The average Bonchev–Trinajstić information content (AvgIpc) is 3.22. The maximum absolute atomic E-state index is 12.2. The van der Waals surface area contributed by atoms with Gasteiger partial charge in [-0.05, 0) is 49.6 Å². The highest BCUT2D eigenvalue weighted by molar-refractivity contribution is 6.09. The van der Waals surface area contributed by atoms with E-state index in [2.05, 4.69) is 47.0 Å². The summed E-state index contributed by atoms with van der Waals surface area (Å²) >= 11 is 0. The average molecular weight is 347 g/mol. The van der Waals surface area contributed by atoms with Gasteiger partial charge in [0.15, 0.2) is 0 Å². The third-order valence-electron chi connectivity index (χ3n) is 5.73. The lowest BCUT2D eigenvalue weighted by Gasteiger charge is -2.25. The number of nitrogens with one attached hydrogen (secondary N) is 3. The van der Waals surface area contributed by atoms with E-state index in [0.717, 1.165) is 40.7 Å². The van der Waals surface area contributed by atoms with E-state index in [1.54, 1.807) is 0 Å². The van der Waals surface area contributed by atoms with Crippen LogP contribution in [0.1, 0.15) is 41.3 Å². The molecule has 0 radical (unpaired) electrons. The molecule has 1 atom stereocenters. The minimum absolute atomic E-state index is 0.0668. The van der Waals surface area contributed by atoms with E-state index in [0.29, 0.717) is 12.2 Å². The fraction of sp³-hybridized carbons (Fsp3) is 0.286. The Kier molecular flexibility index (Phi) is 3.42. The number of benzene rings is 2. The Balaban J connectivity index is 1.62. The Morgan fingerprint density at radius 1 is 1.12 bits per heavy atom. The van der Waals surface area contributed by atoms with E-state index in [1.807, 2.05) is 18.2 Å². The van der Waals surface area contributed by atoms with Crippen LogP contribution in [0.15, 0.2) is 42.5 Å². The molecular weight excluding hydrogens is 326 g/mol. The topological polar surface area (TPSA) is 66.1 Å². The van der Waals surface area contributed by atoms with Crippen molar-refractivity contribution in [3.63, 3.8) is 0 Å². The molecule has 3 heterocycles. The molecule has 26 heavy (non-hydrogen) atoms. The van der Waals surface area contributed by atoms with Crippen LogP contribution in [0, 0.1) is 0 Å². The van der Waals surface area contributed by atoms with Gasteiger partial charge in [0.25, 0.3) is 5.91 Å². The first kappa shape index (κ1) is 15.6. The number of aromatic nitrogens is 1.